The van der Waals surface area contributed by atoms with Crippen molar-refractivity contribution < 1.29 is 27.2 Å². The van der Waals surface area contributed by atoms with E-state index >= 15 is 0 Å². The van der Waals surface area contributed by atoms with E-state index in [9.17, 15) is 22.4 Å². The molecule has 1 N–H and O–H groups in total. The molecule has 0 unspecified atom stereocenters. The Morgan fingerprint density at radius 3 is 2.59 bits per heavy atom. The summed E-state index contributed by atoms with van der Waals surface area (Å²) < 4.78 is 49.9. The SMILES string of the molecule is CCONC(=O)c1ccc(F)c(C(F)(F)F)c1. The van der Waals surface area contributed by atoms with Crippen molar-refractivity contribution in [1.29, 1.82) is 0 Å². The van der Waals surface area contributed by atoms with Crippen LogP contribution in [0.2, 0.25) is 0 Å². The van der Waals surface area contributed by atoms with Gasteiger partial charge in [-0.2, -0.15) is 13.2 Å². The van der Waals surface area contributed by atoms with Crippen molar-refractivity contribution in [2.75, 3.05) is 6.61 Å². The highest BCUT2D eigenvalue weighted by Gasteiger charge is 2.34. The van der Waals surface area contributed by atoms with Gasteiger partial charge in [-0.25, -0.2) is 9.87 Å². The van der Waals surface area contributed by atoms with E-state index in [2.05, 4.69) is 4.84 Å². The van der Waals surface area contributed by atoms with E-state index < -0.39 is 23.5 Å². The average molecular weight is 251 g/mol. The molecule has 1 aromatic rings. The van der Waals surface area contributed by atoms with Crippen LogP contribution in [-0.2, 0) is 11.0 Å². The fraction of sp³-hybridized carbons (Fsp3) is 0.300. The highest BCUT2D eigenvalue weighted by Crippen LogP contribution is 2.31. The van der Waals surface area contributed by atoms with E-state index in [1.165, 1.54) is 0 Å². The number of hydroxylamine groups is 1. The second-order valence-electron chi connectivity index (χ2n) is 3.06. The maximum absolute atomic E-state index is 12.9. The van der Waals surface area contributed by atoms with Gasteiger partial charge in [0.1, 0.15) is 5.82 Å². The lowest BCUT2D eigenvalue weighted by Crippen LogP contribution is -2.24. The van der Waals surface area contributed by atoms with Crippen LogP contribution < -0.4 is 5.48 Å². The summed E-state index contributed by atoms with van der Waals surface area (Å²) in [5.41, 5.74) is 0.107. The van der Waals surface area contributed by atoms with Gasteiger partial charge in [0.15, 0.2) is 0 Å². The lowest BCUT2D eigenvalue weighted by molar-refractivity contribution is -0.140. The first-order valence-corrected chi connectivity index (χ1v) is 4.65. The first-order chi connectivity index (χ1) is 7.86. The van der Waals surface area contributed by atoms with Crippen LogP contribution in [0.1, 0.15) is 22.8 Å². The van der Waals surface area contributed by atoms with E-state index in [0.29, 0.717) is 12.1 Å². The molecule has 7 heteroatoms. The van der Waals surface area contributed by atoms with Gasteiger partial charge in [-0.1, -0.05) is 0 Å². The van der Waals surface area contributed by atoms with Gasteiger partial charge in [0, 0.05) is 5.56 Å². The maximum atomic E-state index is 12.9. The summed E-state index contributed by atoms with van der Waals surface area (Å²) in [7, 11) is 0. The first-order valence-electron chi connectivity index (χ1n) is 4.65. The van der Waals surface area contributed by atoms with E-state index in [0.717, 1.165) is 6.07 Å². The Balaban J connectivity index is 3.00. The van der Waals surface area contributed by atoms with Gasteiger partial charge >= 0.3 is 6.18 Å². The Morgan fingerprint density at radius 1 is 1.41 bits per heavy atom. The lowest BCUT2D eigenvalue weighted by atomic mass is 10.1. The summed E-state index contributed by atoms with van der Waals surface area (Å²) in [6, 6.07) is 1.96. The molecule has 0 aliphatic carbocycles. The zero-order valence-corrected chi connectivity index (χ0v) is 8.77. The largest absolute Gasteiger partial charge is 0.419 e. The fourth-order valence-corrected chi connectivity index (χ4v) is 1.08. The van der Waals surface area contributed by atoms with Gasteiger partial charge < -0.3 is 0 Å². The normalized spacial score (nSPS) is 11.4. The molecule has 0 spiro atoms. The van der Waals surface area contributed by atoms with Gasteiger partial charge in [-0.15, -0.1) is 0 Å². The van der Waals surface area contributed by atoms with Crippen LogP contribution in [0.5, 0.6) is 0 Å². The zero-order chi connectivity index (χ0) is 13.1. The molecule has 1 aromatic carbocycles. The minimum atomic E-state index is -4.84. The van der Waals surface area contributed by atoms with Crippen LogP contribution in [-0.4, -0.2) is 12.5 Å². The van der Waals surface area contributed by atoms with Crippen molar-refractivity contribution in [3.63, 3.8) is 0 Å². The molecule has 0 aromatic heterocycles. The summed E-state index contributed by atoms with van der Waals surface area (Å²) in [6.45, 7) is 1.76. The van der Waals surface area contributed by atoms with Crippen molar-refractivity contribution >= 4 is 5.91 Å². The summed E-state index contributed by atoms with van der Waals surface area (Å²) in [4.78, 5) is 15.8. The zero-order valence-electron chi connectivity index (χ0n) is 8.77. The van der Waals surface area contributed by atoms with E-state index in [1.807, 2.05) is 5.48 Å². The standard InChI is InChI=1S/C10H9F4NO2/c1-2-17-15-9(16)6-3-4-8(11)7(5-6)10(12,13)14/h3-5H,2H2,1H3,(H,15,16). The van der Waals surface area contributed by atoms with Crippen LogP contribution in [0.25, 0.3) is 0 Å². The molecule has 0 heterocycles. The molecule has 94 valence electrons. The third-order valence-electron chi connectivity index (χ3n) is 1.84. The molecule has 0 saturated carbocycles. The number of carbonyl (C=O) groups is 1. The van der Waals surface area contributed by atoms with Crippen LogP contribution in [0, 0.1) is 5.82 Å². The molecule has 0 bridgehead atoms. The van der Waals surface area contributed by atoms with E-state index in [4.69, 9.17) is 0 Å². The Morgan fingerprint density at radius 2 is 2.06 bits per heavy atom. The molecule has 1 rings (SSSR count). The number of carbonyl (C=O) groups excluding carboxylic acids is 1. The quantitative estimate of drug-likeness (QED) is 0.662. The summed E-state index contributed by atoms with van der Waals surface area (Å²) in [5.74, 6) is -2.29. The summed E-state index contributed by atoms with van der Waals surface area (Å²) in [6.07, 6.45) is -4.84. The smallest absolute Gasteiger partial charge is 0.274 e. The third-order valence-corrected chi connectivity index (χ3v) is 1.84. The molecule has 17 heavy (non-hydrogen) atoms. The number of halogens is 4. The van der Waals surface area contributed by atoms with E-state index in [-0.39, 0.29) is 12.2 Å². The molecule has 0 atom stereocenters. The highest BCUT2D eigenvalue weighted by atomic mass is 19.4. The van der Waals surface area contributed by atoms with Crippen molar-refractivity contribution in [2.45, 2.75) is 13.1 Å². The molecule has 0 radical (unpaired) electrons. The van der Waals surface area contributed by atoms with Crippen molar-refractivity contribution in [3.05, 3.63) is 35.1 Å². The second-order valence-corrected chi connectivity index (χ2v) is 3.06. The second kappa shape index (κ2) is 5.13. The third kappa shape index (κ3) is 3.42. The molecule has 0 aliphatic rings. The number of hydrogen-bond acceptors (Lipinski definition) is 2. The number of nitrogens with one attached hydrogen (secondary N) is 1. The van der Waals surface area contributed by atoms with Crippen LogP contribution >= 0.6 is 0 Å². The predicted octanol–water partition coefficient (Wildman–Crippen LogP) is 2.53. The van der Waals surface area contributed by atoms with Crippen molar-refractivity contribution in [3.8, 4) is 0 Å². The summed E-state index contributed by atoms with van der Waals surface area (Å²) in [5, 5.41) is 0. The number of alkyl halides is 3. The van der Waals surface area contributed by atoms with Crippen molar-refractivity contribution in [2.24, 2.45) is 0 Å². The molecule has 0 fully saturated rings. The van der Waals surface area contributed by atoms with Gasteiger partial charge in [-0.05, 0) is 25.1 Å². The minimum Gasteiger partial charge on any atom is -0.274 e. The number of rotatable bonds is 3. The average Bonchev–Trinajstić information content (AvgIpc) is 2.25. The molecular formula is C10H9F4NO2. The Kier molecular flexibility index (Phi) is 4.06. The maximum Gasteiger partial charge on any atom is 0.419 e. The van der Waals surface area contributed by atoms with Crippen LogP contribution in [0.4, 0.5) is 17.6 Å². The molecule has 0 saturated heterocycles. The molecule has 3 nitrogen and oxygen atoms in total. The topological polar surface area (TPSA) is 38.3 Å². The van der Waals surface area contributed by atoms with Gasteiger partial charge in [-0.3, -0.25) is 9.63 Å². The minimum absolute atomic E-state index is 0.166. The fourth-order valence-electron chi connectivity index (χ4n) is 1.08. The Bertz CT molecular complexity index is 417. The first kappa shape index (κ1) is 13.4. The van der Waals surface area contributed by atoms with Crippen LogP contribution in [0.3, 0.4) is 0 Å². The van der Waals surface area contributed by atoms with Crippen LogP contribution in [0.15, 0.2) is 18.2 Å². The number of hydrogen-bond donors (Lipinski definition) is 1. The number of amides is 1. The molecule has 0 aliphatic heterocycles. The number of benzene rings is 1. The monoisotopic (exact) mass is 251 g/mol. The predicted molar refractivity (Wildman–Crippen MR) is 50.5 cm³/mol. The highest BCUT2D eigenvalue weighted by molar-refractivity contribution is 5.93. The lowest BCUT2D eigenvalue weighted by Gasteiger charge is -2.10. The van der Waals surface area contributed by atoms with Crippen molar-refractivity contribution in [1.82, 2.24) is 5.48 Å². The summed E-state index contributed by atoms with van der Waals surface area (Å²) >= 11 is 0. The van der Waals surface area contributed by atoms with E-state index in [1.54, 1.807) is 6.92 Å². The Hall–Kier alpha value is -1.63. The van der Waals surface area contributed by atoms with Gasteiger partial charge in [0.2, 0.25) is 0 Å². The Labute approximate surface area is 94.3 Å². The molecule has 1 amide bonds. The molecular weight excluding hydrogens is 242 g/mol. The van der Waals surface area contributed by atoms with Gasteiger partial charge in [0.25, 0.3) is 5.91 Å². The van der Waals surface area contributed by atoms with Gasteiger partial charge in [0.05, 0.1) is 12.2 Å².